The van der Waals surface area contributed by atoms with Gasteiger partial charge in [-0.05, 0) is 36.8 Å². The molecule has 1 amide bonds. The molecule has 23 heavy (non-hydrogen) atoms. The van der Waals surface area contributed by atoms with Crippen LogP contribution in [-0.2, 0) is 11.3 Å². The lowest BCUT2D eigenvalue weighted by Gasteiger charge is -2.21. The highest BCUT2D eigenvalue weighted by Crippen LogP contribution is 2.32. The molecular weight excluding hydrogens is 294 g/mol. The number of para-hydroxylation sites is 1. The smallest absolute Gasteiger partial charge is 0.260 e. The number of fused-ring (bicyclic) bond motifs is 1. The van der Waals surface area contributed by atoms with E-state index in [0.29, 0.717) is 18.8 Å². The van der Waals surface area contributed by atoms with Crippen molar-refractivity contribution in [2.75, 3.05) is 19.9 Å². The summed E-state index contributed by atoms with van der Waals surface area (Å²) >= 11 is 0. The number of rotatable bonds is 6. The normalized spacial score (nSPS) is 12.0. The van der Waals surface area contributed by atoms with Crippen molar-refractivity contribution in [3.05, 3.63) is 54.1 Å². The van der Waals surface area contributed by atoms with E-state index in [0.717, 1.165) is 17.1 Å². The van der Waals surface area contributed by atoms with Crippen LogP contribution in [0.3, 0.4) is 0 Å². The van der Waals surface area contributed by atoms with Crippen molar-refractivity contribution < 1.29 is 19.0 Å². The Morgan fingerprint density at radius 3 is 2.70 bits per heavy atom. The molecule has 0 unspecified atom stereocenters. The first kappa shape index (κ1) is 15.2. The summed E-state index contributed by atoms with van der Waals surface area (Å²) in [6, 6.07) is 15.1. The molecule has 1 aliphatic heterocycles. The number of ether oxygens (including phenoxy) is 3. The Kier molecular flexibility index (Phi) is 4.66. The molecular formula is C18H19NO4. The molecule has 0 radical (unpaired) electrons. The number of likely N-dealkylation sites (N-methyl/N-ethyl adjacent to an activating group) is 1. The van der Waals surface area contributed by atoms with Gasteiger partial charge in [0.25, 0.3) is 5.91 Å². The summed E-state index contributed by atoms with van der Waals surface area (Å²) in [5.74, 6) is 2.12. The van der Waals surface area contributed by atoms with E-state index in [1.165, 1.54) is 0 Å². The molecule has 0 aliphatic carbocycles. The number of benzene rings is 2. The summed E-state index contributed by atoms with van der Waals surface area (Å²) in [5.41, 5.74) is 1.00. The van der Waals surface area contributed by atoms with Crippen molar-refractivity contribution in [3.63, 3.8) is 0 Å². The van der Waals surface area contributed by atoms with E-state index in [2.05, 4.69) is 0 Å². The Hall–Kier alpha value is -2.69. The first-order chi connectivity index (χ1) is 11.3. The molecule has 2 aromatic rings. The second-order valence-electron chi connectivity index (χ2n) is 5.20. The minimum absolute atomic E-state index is 0.0302. The van der Waals surface area contributed by atoms with Gasteiger partial charge in [-0.2, -0.15) is 0 Å². The fourth-order valence-corrected chi connectivity index (χ4v) is 2.39. The van der Waals surface area contributed by atoms with E-state index >= 15 is 0 Å². The fourth-order valence-electron chi connectivity index (χ4n) is 2.39. The number of hydrogen-bond acceptors (Lipinski definition) is 4. The molecule has 5 nitrogen and oxygen atoms in total. The van der Waals surface area contributed by atoms with Crippen LogP contribution < -0.4 is 14.2 Å². The number of amides is 1. The Bertz CT molecular complexity index is 672. The average Bonchev–Trinajstić information content (AvgIpc) is 3.06. The Balaban J connectivity index is 1.59. The van der Waals surface area contributed by atoms with Crippen LogP contribution in [0.4, 0.5) is 0 Å². The zero-order valence-electron chi connectivity index (χ0n) is 13.0. The number of hydrogen-bond donors (Lipinski definition) is 0. The van der Waals surface area contributed by atoms with Gasteiger partial charge in [0.2, 0.25) is 6.79 Å². The van der Waals surface area contributed by atoms with Gasteiger partial charge >= 0.3 is 0 Å². The maximum Gasteiger partial charge on any atom is 0.260 e. The van der Waals surface area contributed by atoms with Crippen molar-refractivity contribution in [2.45, 2.75) is 13.5 Å². The molecule has 0 saturated carbocycles. The summed E-state index contributed by atoms with van der Waals surface area (Å²) in [6.45, 7) is 3.37. The number of carbonyl (C=O) groups excluding carboxylic acids is 1. The van der Waals surface area contributed by atoms with Gasteiger partial charge in [0.1, 0.15) is 5.75 Å². The van der Waals surface area contributed by atoms with Crippen LogP contribution in [0.5, 0.6) is 17.2 Å². The Morgan fingerprint density at radius 1 is 1.13 bits per heavy atom. The molecule has 120 valence electrons. The molecule has 0 N–H and O–H groups in total. The minimum atomic E-state index is -0.0472. The summed E-state index contributed by atoms with van der Waals surface area (Å²) < 4.78 is 16.2. The van der Waals surface area contributed by atoms with Crippen LogP contribution in [0.15, 0.2) is 48.5 Å². The molecule has 2 aromatic carbocycles. The summed E-state index contributed by atoms with van der Waals surface area (Å²) in [4.78, 5) is 14.1. The first-order valence-corrected chi connectivity index (χ1v) is 7.60. The molecule has 5 heteroatoms. The maximum atomic E-state index is 12.3. The van der Waals surface area contributed by atoms with Crippen LogP contribution in [0.25, 0.3) is 0 Å². The Labute approximate surface area is 135 Å². The highest BCUT2D eigenvalue weighted by molar-refractivity contribution is 5.77. The van der Waals surface area contributed by atoms with Crippen LogP contribution in [0.1, 0.15) is 12.5 Å². The van der Waals surface area contributed by atoms with Gasteiger partial charge in [-0.3, -0.25) is 4.79 Å². The molecule has 1 heterocycles. The van der Waals surface area contributed by atoms with Crippen LogP contribution in [-0.4, -0.2) is 30.8 Å². The van der Waals surface area contributed by atoms with Gasteiger partial charge in [-0.1, -0.05) is 24.3 Å². The largest absolute Gasteiger partial charge is 0.484 e. The highest BCUT2D eigenvalue weighted by atomic mass is 16.7. The lowest BCUT2D eigenvalue weighted by molar-refractivity contribution is -0.133. The SMILES string of the molecule is CCN(Cc1ccc2c(c1)OCO2)C(=O)COc1ccccc1. The number of carbonyl (C=O) groups is 1. The van der Waals surface area contributed by atoms with Gasteiger partial charge < -0.3 is 19.1 Å². The molecule has 1 aliphatic rings. The van der Waals surface area contributed by atoms with Gasteiger partial charge in [0, 0.05) is 13.1 Å². The molecule has 0 spiro atoms. The van der Waals surface area contributed by atoms with Crippen molar-refractivity contribution in [1.29, 1.82) is 0 Å². The van der Waals surface area contributed by atoms with E-state index in [4.69, 9.17) is 14.2 Å². The summed E-state index contributed by atoms with van der Waals surface area (Å²) in [5, 5.41) is 0. The second-order valence-corrected chi connectivity index (χ2v) is 5.20. The van der Waals surface area contributed by atoms with Gasteiger partial charge in [0.15, 0.2) is 18.1 Å². The molecule has 0 aromatic heterocycles. The quantitative estimate of drug-likeness (QED) is 0.823. The zero-order valence-corrected chi connectivity index (χ0v) is 13.0. The van der Waals surface area contributed by atoms with Crippen LogP contribution in [0, 0.1) is 0 Å². The lowest BCUT2D eigenvalue weighted by Crippen LogP contribution is -2.34. The molecule has 0 fully saturated rings. The first-order valence-electron chi connectivity index (χ1n) is 7.60. The van der Waals surface area contributed by atoms with Gasteiger partial charge in [0.05, 0.1) is 0 Å². The molecule has 3 rings (SSSR count). The standard InChI is InChI=1S/C18H19NO4/c1-2-19(18(20)12-21-15-6-4-3-5-7-15)11-14-8-9-16-17(10-14)23-13-22-16/h3-10H,2,11-13H2,1H3. The second kappa shape index (κ2) is 7.05. The molecule has 0 bridgehead atoms. The summed E-state index contributed by atoms with van der Waals surface area (Å²) in [7, 11) is 0. The molecule has 0 saturated heterocycles. The third-order valence-electron chi connectivity index (χ3n) is 3.65. The fraction of sp³-hybridized carbons (Fsp3) is 0.278. The monoisotopic (exact) mass is 313 g/mol. The topological polar surface area (TPSA) is 48.0 Å². The van der Waals surface area contributed by atoms with Gasteiger partial charge in [-0.25, -0.2) is 0 Å². The Morgan fingerprint density at radius 2 is 1.91 bits per heavy atom. The molecule has 0 atom stereocenters. The lowest BCUT2D eigenvalue weighted by atomic mass is 10.2. The third-order valence-corrected chi connectivity index (χ3v) is 3.65. The highest BCUT2D eigenvalue weighted by Gasteiger charge is 2.17. The predicted molar refractivity (Wildman–Crippen MR) is 85.6 cm³/mol. The average molecular weight is 313 g/mol. The predicted octanol–water partition coefficient (Wildman–Crippen LogP) is 2.84. The third kappa shape index (κ3) is 3.74. The van der Waals surface area contributed by atoms with Crippen molar-refractivity contribution in [3.8, 4) is 17.2 Å². The van der Waals surface area contributed by atoms with Crippen LogP contribution in [0.2, 0.25) is 0 Å². The van der Waals surface area contributed by atoms with Crippen molar-refractivity contribution in [2.24, 2.45) is 0 Å². The van der Waals surface area contributed by atoms with E-state index in [9.17, 15) is 4.79 Å². The van der Waals surface area contributed by atoms with Crippen molar-refractivity contribution >= 4 is 5.91 Å². The van der Waals surface area contributed by atoms with Gasteiger partial charge in [-0.15, -0.1) is 0 Å². The zero-order chi connectivity index (χ0) is 16.1. The van der Waals surface area contributed by atoms with Crippen LogP contribution >= 0.6 is 0 Å². The summed E-state index contributed by atoms with van der Waals surface area (Å²) in [6.07, 6.45) is 0. The van der Waals surface area contributed by atoms with E-state index in [-0.39, 0.29) is 19.3 Å². The van der Waals surface area contributed by atoms with E-state index in [1.807, 2.05) is 55.5 Å². The van der Waals surface area contributed by atoms with E-state index < -0.39 is 0 Å². The van der Waals surface area contributed by atoms with Crippen molar-refractivity contribution in [1.82, 2.24) is 4.90 Å². The maximum absolute atomic E-state index is 12.3. The number of nitrogens with zero attached hydrogens (tertiary/aromatic N) is 1. The van der Waals surface area contributed by atoms with E-state index in [1.54, 1.807) is 4.90 Å². The minimum Gasteiger partial charge on any atom is -0.484 e.